The molecule has 0 spiro atoms. The highest BCUT2D eigenvalue weighted by Crippen LogP contribution is 2.34. The lowest BCUT2D eigenvalue weighted by Crippen LogP contribution is -2.46. The Balaban J connectivity index is 1.74. The van der Waals surface area contributed by atoms with Gasteiger partial charge in [0.1, 0.15) is 6.04 Å². The summed E-state index contributed by atoms with van der Waals surface area (Å²) in [6, 6.07) is 12.3. The van der Waals surface area contributed by atoms with Gasteiger partial charge >= 0.3 is 0 Å². The first-order valence-corrected chi connectivity index (χ1v) is 12.7. The smallest absolute Gasteiger partial charge is 0.247 e. The molecule has 1 atom stereocenters. The lowest BCUT2D eigenvalue weighted by Gasteiger charge is -2.32. The van der Waals surface area contributed by atoms with Crippen LogP contribution in [-0.4, -0.2) is 42.0 Å². The SMILES string of the molecule is COc1ccc([C@@H](C(=O)NC2CCCC2)N(Cc2cccnc2)C(=O)Cc2cccs2)cc1OC. The quantitative estimate of drug-likeness (QED) is 0.449. The summed E-state index contributed by atoms with van der Waals surface area (Å²) >= 11 is 1.53. The third kappa shape index (κ3) is 6.19. The van der Waals surface area contributed by atoms with Crippen LogP contribution >= 0.6 is 11.3 Å². The number of pyridine rings is 1. The second kappa shape index (κ2) is 11.8. The molecule has 1 fully saturated rings. The van der Waals surface area contributed by atoms with Crippen molar-refractivity contribution in [3.05, 3.63) is 76.2 Å². The fourth-order valence-corrected chi connectivity index (χ4v) is 5.22. The fourth-order valence-electron chi connectivity index (χ4n) is 4.52. The largest absolute Gasteiger partial charge is 0.493 e. The highest BCUT2D eigenvalue weighted by Gasteiger charge is 2.34. The molecule has 1 saturated carbocycles. The van der Waals surface area contributed by atoms with Crippen molar-refractivity contribution in [2.45, 2.75) is 50.7 Å². The Morgan fingerprint density at radius 1 is 1.11 bits per heavy atom. The number of hydrogen-bond acceptors (Lipinski definition) is 6. The summed E-state index contributed by atoms with van der Waals surface area (Å²) in [6.45, 7) is 0.259. The maximum atomic E-state index is 13.8. The van der Waals surface area contributed by atoms with Crippen LogP contribution in [0.15, 0.2) is 60.2 Å². The van der Waals surface area contributed by atoms with Crippen LogP contribution in [0.5, 0.6) is 11.5 Å². The van der Waals surface area contributed by atoms with Crippen molar-refractivity contribution in [3.63, 3.8) is 0 Å². The number of nitrogens with zero attached hydrogens (tertiary/aromatic N) is 2. The van der Waals surface area contributed by atoms with E-state index in [1.165, 1.54) is 11.3 Å². The van der Waals surface area contributed by atoms with Crippen molar-refractivity contribution < 1.29 is 19.1 Å². The Morgan fingerprint density at radius 3 is 2.57 bits per heavy atom. The number of amides is 2. The molecule has 184 valence electrons. The number of ether oxygens (including phenoxy) is 2. The zero-order chi connectivity index (χ0) is 24.6. The summed E-state index contributed by atoms with van der Waals surface area (Å²) in [4.78, 5) is 34.3. The molecule has 1 aromatic carbocycles. The monoisotopic (exact) mass is 493 g/mol. The van der Waals surface area contributed by atoms with Crippen molar-refractivity contribution in [2.75, 3.05) is 14.2 Å². The van der Waals surface area contributed by atoms with Crippen LogP contribution in [0.1, 0.15) is 47.7 Å². The molecule has 2 aromatic heterocycles. The van der Waals surface area contributed by atoms with E-state index in [9.17, 15) is 9.59 Å². The highest BCUT2D eigenvalue weighted by atomic mass is 32.1. The Kier molecular flexibility index (Phi) is 8.36. The van der Waals surface area contributed by atoms with E-state index < -0.39 is 6.04 Å². The maximum absolute atomic E-state index is 13.8. The van der Waals surface area contributed by atoms with Gasteiger partial charge in [-0.1, -0.05) is 31.0 Å². The maximum Gasteiger partial charge on any atom is 0.247 e. The van der Waals surface area contributed by atoms with Gasteiger partial charge in [-0.05, 0) is 53.6 Å². The number of carbonyl (C=O) groups excluding carboxylic acids is 2. The molecule has 0 bridgehead atoms. The molecule has 7 nitrogen and oxygen atoms in total. The Hall–Kier alpha value is -3.39. The topological polar surface area (TPSA) is 80.8 Å². The predicted molar refractivity (Wildman–Crippen MR) is 135 cm³/mol. The first kappa shape index (κ1) is 24.7. The van der Waals surface area contributed by atoms with Crippen LogP contribution in [0.3, 0.4) is 0 Å². The van der Waals surface area contributed by atoms with Gasteiger partial charge in [-0.25, -0.2) is 0 Å². The van der Waals surface area contributed by atoms with Gasteiger partial charge in [0, 0.05) is 29.9 Å². The number of thiophene rings is 1. The van der Waals surface area contributed by atoms with E-state index >= 15 is 0 Å². The molecule has 8 heteroatoms. The molecule has 35 heavy (non-hydrogen) atoms. The van der Waals surface area contributed by atoms with Gasteiger partial charge < -0.3 is 19.7 Å². The molecule has 3 aromatic rings. The minimum Gasteiger partial charge on any atom is -0.493 e. The molecule has 2 amide bonds. The third-order valence-electron chi connectivity index (χ3n) is 6.29. The van der Waals surface area contributed by atoms with Gasteiger partial charge in [-0.15, -0.1) is 11.3 Å². The van der Waals surface area contributed by atoms with Crippen molar-refractivity contribution in [3.8, 4) is 11.5 Å². The molecule has 1 aliphatic carbocycles. The van der Waals surface area contributed by atoms with E-state index in [1.54, 1.807) is 43.6 Å². The Labute approximate surface area is 210 Å². The van der Waals surface area contributed by atoms with E-state index in [4.69, 9.17) is 9.47 Å². The minimum atomic E-state index is -0.830. The lowest BCUT2D eigenvalue weighted by molar-refractivity contribution is -0.141. The number of methoxy groups -OCH3 is 2. The van der Waals surface area contributed by atoms with Crippen molar-refractivity contribution in [1.29, 1.82) is 0 Å². The zero-order valence-electron chi connectivity index (χ0n) is 20.1. The number of nitrogens with one attached hydrogen (secondary N) is 1. The summed E-state index contributed by atoms with van der Waals surface area (Å²) in [6.07, 6.45) is 7.75. The first-order valence-electron chi connectivity index (χ1n) is 11.8. The molecular formula is C27H31N3O4S. The summed E-state index contributed by atoms with van der Waals surface area (Å²) in [5.41, 5.74) is 1.52. The van der Waals surface area contributed by atoms with Gasteiger partial charge in [0.2, 0.25) is 11.8 Å². The van der Waals surface area contributed by atoms with E-state index in [1.807, 2.05) is 35.7 Å². The van der Waals surface area contributed by atoms with E-state index in [2.05, 4.69) is 10.3 Å². The van der Waals surface area contributed by atoms with Gasteiger partial charge in [0.05, 0.1) is 20.6 Å². The van der Waals surface area contributed by atoms with Gasteiger partial charge in [-0.3, -0.25) is 14.6 Å². The second-order valence-corrected chi connectivity index (χ2v) is 9.68. The average molecular weight is 494 g/mol. The highest BCUT2D eigenvalue weighted by molar-refractivity contribution is 7.10. The second-order valence-electron chi connectivity index (χ2n) is 8.65. The molecule has 0 unspecified atom stereocenters. The van der Waals surface area contributed by atoms with Crippen LogP contribution in [0.4, 0.5) is 0 Å². The summed E-state index contributed by atoms with van der Waals surface area (Å²) in [7, 11) is 3.13. The van der Waals surface area contributed by atoms with Crippen molar-refractivity contribution in [1.82, 2.24) is 15.2 Å². The number of carbonyl (C=O) groups is 2. The molecule has 1 aliphatic rings. The first-order chi connectivity index (χ1) is 17.1. The number of rotatable bonds is 10. The molecule has 2 heterocycles. The van der Waals surface area contributed by atoms with Gasteiger partial charge in [0.25, 0.3) is 0 Å². The summed E-state index contributed by atoms with van der Waals surface area (Å²) in [5.74, 6) is 0.760. The van der Waals surface area contributed by atoms with Crippen LogP contribution in [0.25, 0.3) is 0 Å². The van der Waals surface area contributed by atoms with E-state index in [0.717, 1.165) is 36.1 Å². The zero-order valence-corrected chi connectivity index (χ0v) is 20.9. The van der Waals surface area contributed by atoms with Crippen LogP contribution < -0.4 is 14.8 Å². The molecule has 0 saturated heterocycles. The third-order valence-corrected chi connectivity index (χ3v) is 7.16. The standard InChI is InChI=1S/C27H31N3O4S/c1-33-23-12-11-20(15-24(23)34-2)26(27(32)29-21-8-3-4-9-21)30(18-19-7-5-13-28-17-19)25(31)16-22-10-6-14-35-22/h5-7,10-15,17,21,26H,3-4,8-9,16,18H2,1-2H3,(H,29,32)/t26-/m0/s1. The van der Waals surface area contributed by atoms with E-state index in [0.29, 0.717) is 17.1 Å². The molecule has 0 aliphatic heterocycles. The minimum absolute atomic E-state index is 0.123. The number of aromatic nitrogens is 1. The van der Waals surface area contributed by atoms with Gasteiger partial charge in [0.15, 0.2) is 11.5 Å². The molecular weight excluding hydrogens is 462 g/mol. The van der Waals surface area contributed by atoms with Crippen LogP contribution in [0, 0.1) is 0 Å². The fraction of sp³-hybridized carbons (Fsp3) is 0.370. The molecule has 0 radical (unpaired) electrons. The van der Waals surface area contributed by atoms with Crippen LogP contribution in [0.2, 0.25) is 0 Å². The van der Waals surface area contributed by atoms with Gasteiger partial charge in [-0.2, -0.15) is 0 Å². The van der Waals surface area contributed by atoms with Crippen LogP contribution in [-0.2, 0) is 22.6 Å². The summed E-state index contributed by atoms with van der Waals surface area (Å²) < 4.78 is 10.9. The summed E-state index contributed by atoms with van der Waals surface area (Å²) in [5, 5.41) is 5.16. The lowest BCUT2D eigenvalue weighted by atomic mass is 10.0. The number of hydrogen-bond donors (Lipinski definition) is 1. The number of benzene rings is 1. The normalized spacial score (nSPS) is 14.3. The van der Waals surface area contributed by atoms with Crippen molar-refractivity contribution >= 4 is 23.2 Å². The molecule has 4 rings (SSSR count). The Morgan fingerprint density at radius 2 is 1.91 bits per heavy atom. The Bertz CT molecular complexity index is 1110. The molecule has 1 N–H and O–H groups in total. The average Bonchev–Trinajstić information content (AvgIpc) is 3.58. The van der Waals surface area contributed by atoms with E-state index in [-0.39, 0.29) is 30.8 Å². The van der Waals surface area contributed by atoms with Crippen molar-refractivity contribution in [2.24, 2.45) is 0 Å². The predicted octanol–water partition coefficient (Wildman–Crippen LogP) is 4.53.